The first-order chi connectivity index (χ1) is 7.97. The fraction of sp³-hybridized carbons (Fsp3) is 0.111. The van der Waals surface area contributed by atoms with Gasteiger partial charge in [0, 0.05) is 0 Å². The minimum Gasteiger partial charge on any atom is -0.492 e. The molecule has 0 unspecified atom stereocenters. The molecule has 0 atom stereocenters. The highest BCUT2D eigenvalue weighted by Crippen LogP contribution is 2.33. The van der Waals surface area contributed by atoms with Crippen molar-refractivity contribution >= 4 is 35.4 Å². The molecule has 0 heterocycles. The summed E-state index contributed by atoms with van der Waals surface area (Å²) >= 11 is 11.5. The van der Waals surface area contributed by atoms with Gasteiger partial charge in [0.1, 0.15) is 0 Å². The molecule has 8 heteroatoms. The number of halogens is 3. The summed E-state index contributed by atoms with van der Waals surface area (Å²) in [5.41, 5.74) is 6.62. The first kappa shape index (κ1) is 13.5. The normalized spacial score (nSPS) is 10.6. The van der Waals surface area contributed by atoms with Crippen molar-refractivity contribution in [2.45, 2.75) is 0 Å². The summed E-state index contributed by atoms with van der Waals surface area (Å²) in [6.45, 7) is 0. The third-order valence-corrected chi connectivity index (χ3v) is 2.33. The number of primary amides is 1. The van der Waals surface area contributed by atoms with E-state index in [1.165, 1.54) is 13.2 Å². The van der Waals surface area contributed by atoms with E-state index in [0.717, 1.165) is 6.21 Å². The number of hydrogen-bond donors (Lipinski definition) is 2. The Kier molecular flexibility index (Phi) is 4.53. The van der Waals surface area contributed by atoms with Gasteiger partial charge in [-0.05, 0) is 6.07 Å². The molecule has 0 aliphatic rings. The highest BCUT2D eigenvalue weighted by Gasteiger charge is 2.16. The maximum Gasteiger partial charge on any atom is 0.332 e. The van der Waals surface area contributed by atoms with Crippen molar-refractivity contribution in [2.24, 2.45) is 10.8 Å². The van der Waals surface area contributed by atoms with Crippen LogP contribution < -0.4 is 15.9 Å². The maximum atomic E-state index is 13.8. The second-order valence-electron chi connectivity index (χ2n) is 2.84. The quantitative estimate of drug-likeness (QED) is 0.657. The molecule has 2 amide bonds. The van der Waals surface area contributed by atoms with Gasteiger partial charge in [0.2, 0.25) is 0 Å². The summed E-state index contributed by atoms with van der Waals surface area (Å²) in [6, 6.07) is 0.426. The molecule has 0 saturated heterocycles. The van der Waals surface area contributed by atoms with Gasteiger partial charge in [0.25, 0.3) is 0 Å². The van der Waals surface area contributed by atoms with Crippen LogP contribution in [0.2, 0.25) is 10.0 Å². The van der Waals surface area contributed by atoms with Crippen LogP contribution in [0.25, 0.3) is 0 Å². The number of urea groups is 1. The second-order valence-corrected chi connectivity index (χ2v) is 3.65. The fourth-order valence-electron chi connectivity index (χ4n) is 1.05. The number of ether oxygens (including phenoxy) is 1. The van der Waals surface area contributed by atoms with Gasteiger partial charge < -0.3 is 10.5 Å². The molecule has 0 fully saturated rings. The van der Waals surface area contributed by atoms with E-state index < -0.39 is 11.8 Å². The average molecular weight is 280 g/mol. The van der Waals surface area contributed by atoms with Crippen LogP contribution >= 0.6 is 23.2 Å². The molecule has 0 bridgehead atoms. The highest BCUT2D eigenvalue weighted by atomic mass is 35.5. The SMILES string of the molecule is COc1c(Cl)cc(Cl)c(C=NNC(N)=O)c1F. The molecular weight excluding hydrogens is 272 g/mol. The first-order valence-electron chi connectivity index (χ1n) is 4.27. The number of nitrogens with one attached hydrogen (secondary N) is 1. The fourth-order valence-corrected chi connectivity index (χ4v) is 1.62. The van der Waals surface area contributed by atoms with E-state index >= 15 is 0 Å². The van der Waals surface area contributed by atoms with Crippen LogP contribution in [-0.2, 0) is 0 Å². The molecular formula is C9H8Cl2FN3O2. The minimum atomic E-state index is -0.876. The maximum absolute atomic E-state index is 13.8. The summed E-state index contributed by atoms with van der Waals surface area (Å²) in [7, 11) is 1.26. The van der Waals surface area contributed by atoms with Crippen molar-refractivity contribution in [3.63, 3.8) is 0 Å². The van der Waals surface area contributed by atoms with Crippen LogP contribution in [0.4, 0.5) is 9.18 Å². The third kappa shape index (κ3) is 3.21. The Labute approximate surface area is 106 Å². The lowest BCUT2D eigenvalue weighted by atomic mass is 10.2. The van der Waals surface area contributed by atoms with Crippen LogP contribution in [0.3, 0.4) is 0 Å². The number of nitrogens with two attached hydrogens (primary N) is 1. The van der Waals surface area contributed by atoms with E-state index in [2.05, 4.69) is 5.10 Å². The van der Waals surface area contributed by atoms with Crippen LogP contribution in [-0.4, -0.2) is 19.4 Å². The number of rotatable bonds is 3. The van der Waals surface area contributed by atoms with E-state index in [9.17, 15) is 9.18 Å². The van der Waals surface area contributed by atoms with E-state index in [1.54, 1.807) is 0 Å². The predicted molar refractivity (Wildman–Crippen MR) is 63.3 cm³/mol. The number of amides is 2. The number of hydrogen-bond acceptors (Lipinski definition) is 3. The number of nitrogens with zero attached hydrogens (tertiary/aromatic N) is 1. The largest absolute Gasteiger partial charge is 0.492 e. The van der Waals surface area contributed by atoms with Crippen molar-refractivity contribution in [3.8, 4) is 5.75 Å². The van der Waals surface area contributed by atoms with Gasteiger partial charge in [-0.15, -0.1) is 0 Å². The minimum absolute atomic E-state index is 0.0309. The Morgan fingerprint density at radius 3 is 2.76 bits per heavy atom. The van der Waals surface area contributed by atoms with Gasteiger partial charge in [0.05, 0.1) is 28.9 Å². The molecule has 1 aromatic carbocycles. The number of carbonyl (C=O) groups excluding carboxylic acids is 1. The molecule has 92 valence electrons. The van der Waals surface area contributed by atoms with Crippen LogP contribution in [0.15, 0.2) is 11.2 Å². The molecule has 17 heavy (non-hydrogen) atoms. The Bertz CT molecular complexity index is 480. The monoisotopic (exact) mass is 279 g/mol. The lowest BCUT2D eigenvalue weighted by molar-refractivity contribution is 0.249. The van der Waals surface area contributed by atoms with Crippen LogP contribution in [0, 0.1) is 5.82 Å². The predicted octanol–water partition coefficient (Wildman–Crippen LogP) is 2.14. The molecule has 5 nitrogen and oxygen atoms in total. The lowest BCUT2D eigenvalue weighted by Gasteiger charge is -2.08. The zero-order valence-corrected chi connectivity index (χ0v) is 10.1. The number of methoxy groups -OCH3 is 1. The lowest BCUT2D eigenvalue weighted by Crippen LogP contribution is -2.24. The summed E-state index contributed by atoms with van der Waals surface area (Å²) in [4.78, 5) is 10.4. The molecule has 1 rings (SSSR count). The van der Waals surface area contributed by atoms with Gasteiger partial charge in [-0.3, -0.25) is 0 Å². The van der Waals surface area contributed by atoms with E-state index in [1.807, 2.05) is 5.43 Å². The summed E-state index contributed by atoms with van der Waals surface area (Å²) in [5.74, 6) is -0.934. The van der Waals surface area contributed by atoms with Crippen molar-refractivity contribution in [2.75, 3.05) is 7.11 Å². The van der Waals surface area contributed by atoms with E-state index in [0.29, 0.717) is 0 Å². The summed E-state index contributed by atoms with van der Waals surface area (Å²) < 4.78 is 18.5. The standard InChI is InChI=1S/C9H8Cl2FN3O2/c1-17-8-6(11)2-5(10)4(7(8)12)3-14-15-9(13)16/h2-3H,1H3,(H3,13,15,16). The number of hydrazone groups is 1. The summed E-state index contributed by atoms with van der Waals surface area (Å²) in [6.07, 6.45) is 1.00. The Hall–Kier alpha value is -1.53. The second kappa shape index (κ2) is 5.70. The Morgan fingerprint density at radius 2 is 2.24 bits per heavy atom. The zero-order chi connectivity index (χ0) is 13.0. The number of carbonyl (C=O) groups is 1. The summed E-state index contributed by atoms with van der Waals surface area (Å²) in [5, 5.41) is 3.46. The molecule has 0 aliphatic heterocycles. The molecule has 0 aromatic heterocycles. The molecule has 0 aliphatic carbocycles. The average Bonchev–Trinajstić information content (AvgIpc) is 2.22. The zero-order valence-electron chi connectivity index (χ0n) is 8.63. The van der Waals surface area contributed by atoms with Crippen molar-refractivity contribution in [1.29, 1.82) is 0 Å². The third-order valence-electron chi connectivity index (χ3n) is 1.74. The van der Waals surface area contributed by atoms with Gasteiger partial charge in [-0.25, -0.2) is 14.6 Å². The van der Waals surface area contributed by atoms with Crippen LogP contribution in [0.5, 0.6) is 5.75 Å². The highest BCUT2D eigenvalue weighted by molar-refractivity contribution is 6.37. The first-order valence-corrected chi connectivity index (χ1v) is 5.03. The van der Waals surface area contributed by atoms with Crippen LogP contribution in [0.1, 0.15) is 5.56 Å². The van der Waals surface area contributed by atoms with Gasteiger partial charge in [-0.1, -0.05) is 23.2 Å². The van der Waals surface area contributed by atoms with E-state index in [4.69, 9.17) is 33.7 Å². The molecule has 0 spiro atoms. The van der Waals surface area contributed by atoms with Crippen molar-refractivity contribution in [1.82, 2.24) is 5.43 Å². The van der Waals surface area contributed by atoms with Crippen molar-refractivity contribution < 1.29 is 13.9 Å². The number of benzene rings is 1. The van der Waals surface area contributed by atoms with Gasteiger partial charge in [0.15, 0.2) is 11.6 Å². The van der Waals surface area contributed by atoms with E-state index in [-0.39, 0.29) is 21.4 Å². The van der Waals surface area contributed by atoms with Gasteiger partial charge >= 0.3 is 6.03 Å². The molecule has 0 saturated carbocycles. The topological polar surface area (TPSA) is 76.7 Å². The Balaban J connectivity index is 3.15. The molecule has 3 N–H and O–H groups in total. The molecule has 1 aromatic rings. The Morgan fingerprint density at radius 1 is 1.59 bits per heavy atom. The smallest absolute Gasteiger partial charge is 0.332 e. The van der Waals surface area contributed by atoms with Gasteiger partial charge in [-0.2, -0.15) is 5.10 Å². The van der Waals surface area contributed by atoms with Crippen molar-refractivity contribution in [3.05, 3.63) is 27.5 Å². The molecule has 0 radical (unpaired) electrons.